The highest BCUT2D eigenvalue weighted by atomic mass is 19.1. The molecular weight excluding hydrogens is 226 g/mol. The van der Waals surface area contributed by atoms with E-state index in [0.29, 0.717) is 6.29 Å². The van der Waals surface area contributed by atoms with Gasteiger partial charge < -0.3 is 4.74 Å². The van der Waals surface area contributed by atoms with Crippen LogP contribution in [0.3, 0.4) is 0 Å². The van der Waals surface area contributed by atoms with Crippen LogP contribution in [0.15, 0.2) is 24.3 Å². The number of hydrogen-bond donors (Lipinski definition) is 0. The normalized spacial score (nSPS) is 19.1. The number of carbonyl (C=O) groups excluding carboxylic acids is 1. The van der Waals surface area contributed by atoms with E-state index in [-0.39, 0.29) is 11.7 Å². The smallest absolute Gasteiger partial charge is 0.191 e. The largest absolute Gasteiger partial charge is 0.480 e. The third-order valence-corrected chi connectivity index (χ3v) is 2.64. The summed E-state index contributed by atoms with van der Waals surface area (Å²) < 4.78 is 32.3. The molecule has 2 rings (SSSR count). The molecule has 0 aliphatic heterocycles. The van der Waals surface area contributed by atoms with Crippen LogP contribution < -0.4 is 4.74 Å². The minimum absolute atomic E-state index is 0.0356. The first-order valence-corrected chi connectivity index (χ1v) is 5.48. The highest BCUT2D eigenvalue weighted by molar-refractivity contribution is 5.75. The van der Waals surface area contributed by atoms with Crippen molar-refractivity contribution in [3.8, 4) is 5.75 Å². The number of rotatable bonds is 3. The van der Waals surface area contributed by atoms with E-state index in [1.165, 1.54) is 0 Å². The molecule has 1 unspecified atom stereocenters. The van der Waals surface area contributed by atoms with Crippen molar-refractivity contribution in [2.24, 2.45) is 0 Å². The second kappa shape index (κ2) is 5.08. The van der Waals surface area contributed by atoms with Gasteiger partial charge in [0, 0.05) is 5.56 Å². The highest BCUT2D eigenvalue weighted by Crippen LogP contribution is 2.26. The third kappa shape index (κ3) is 2.70. The molecule has 0 radical (unpaired) electrons. The molecule has 0 spiro atoms. The van der Waals surface area contributed by atoms with Crippen molar-refractivity contribution < 1.29 is 18.3 Å². The average Bonchev–Trinajstić information content (AvgIpc) is 2.35. The van der Waals surface area contributed by atoms with Gasteiger partial charge in [-0.2, -0.15) is 0 Å². The molecule has 0 saturated carbocycles. The molecule has 2 nitrogen and oxygen atoms in total. The van der Waals surface area contributed by atoms with Gasteiger partial charge in [0.15, 0.2) is 17.4 Å². The molecule has 90 valence electrons. The number of ether oxygens (including phenoxy) is 1. The highest BCUT2D eigenvalue weighted by Gasteiger charge is 2.17. The lowest BCUT2D eigenvalue weighted by Gasteiger charge is -2.19. The van der Waals surface area contributed by atoms with Gasteiger partial charge in [0.2, 0.25) is 0 Å². The minimum Gasteiger partial charge on any atom is -0.480 e. The summed E-state index contributed by atoms with van der Waals surface area (Å²) in [7, 11) is 0. The first-order valence-electron chi connectivity index (χ1n) is 5.48. The predicted octanol–water partition coefficient (Wildman–Crippen LogP) is 3.26. The Morgan fingerprint density at radius 2 is 2.00 bits per heavy atom. The van der Waals surface area contributed by atoms with E-state index < -0.39 is 17.4 Å². The van der Waals surface area contributed by atoms with Gasteiger partial charge in [-0.1, -0.05) is 6.08 Å². The summed E-state index contributed by atoms with van der Waals surface area (Å²) in [6.45, 7) is 0. The summed E-state index contributed by atoms with van der Waals surface area (Å²) in [6.07, 6.45) is 6.49. The van der Waals surface area contributed by atoms with Crippen molar-refractivity contribution in [1.29, 1.82) is 0 Å². The summed E-state index contributed by atoms with van der Waals surface area (Å²) in [4.78, 5) is 10.4. The lowest BCUT2D eigenvalue weighted by atomic mass is 10.1. The Hall–Kier alpha value is -1.71. The number of aldehydes is 1. The molecule has 4 heteroatoms. The van der Waals surface area contributed by atoms with Crippen LogP contribution in [0.1, 0.15) is 29.6 Å². The van der Waals surface area contributed by atoms with E-state index in [1.54, 1.807) is 6.08 Å². The Morgan fingerprint density at radius 1 is 1.29 bits per heavy atom. The SMILES string of the molecule is O=Cc1cc(F)c(OC2C=CCCC2)c(F)c1. The van der Waals surface area contributed by atoms with E-state index in [4.69, 9.17) is 4.74 Å². The minimum atomic E-state index is -0.842. The van der Waals surface area contributed by atoms with E-state index in [9.17, 15) is 13.6 Å². The van der Waals surface area contributed by atoms with E-state index in [2.05, 4.69) is 0 Å². The third-order valence-electron chi connectivity index (χ3n) is 2.64. The molecular formula is C13H12F2O2. The van der Waals surface area contributed by atoms with Crippen LogP contribution in [0.2, 0.25) is 0 Å². The molecule has 1 atom stereocenters. The summed E-state index contributed by atoms with van der Waals surface area (Å²) in [5, 5.41) is 0. The fourth-order valence-corrected chi connectivity index (χ4v) is 1.79. The zero-order valence-electron chi connectivity index (χ0n) is 9.16. The summed E-state index contributed by atoms with van der Waals surface area (Å²) in [5.41, 5.74) is -0.0356. The van der Waals surface area contributed by atoms with Gasteiger partial charge in [-0.05, 0) is 37.5 Å². The molecule has 0 bridgehead atoms. The molecule has 0 N–H and O–H groups in total. The van der Waals surface area contributed by atoms with Crippen molar-refractivity contribution in [3.05, 3.63) is 41.5 Å². The molecule has 17 heavy (non-hydrogen) atoms. The Kier molecular flexibility index (Phi) is 3.52. The van der Waals surface area contributed by atoms with E-state index in [1.807, 2.05) is 6.08 Å². The molecule has 1 aromatic carbocycles. The fourth-order valence-electron chi connectivity index (χ4n) is 1.79. The van der Waals surface area contributed by atoms with Crippen LogP contribution in [0.25, 0.3) is 0 Å². The molecule has 0 fully saturated rings. The maximum atomic E-state index is 13.5. The maximum Gasteiger partial charge on any atom is 0.191 e. The Labute approximate surface area is 97.9 Å². The van der Waals surface area contributed by atoms with E-state index in [0.717, 1.165) is 31.4 Å². The Balaban J connectivity index is 2.23. The lowest BCUT2D eigenvalue weighted by Crippen LogP contribution is -2.17. The van der Waals surface area contributed by atoms with E-state index >= 15 is 0 Å². The van der Waals surface area contributed by atoms with Crippen LogP contribution in [0.5, 0.6) is 5.75 Å². The van der Waals surface area contributed by atoms with Gasteiger partial charge in [-0.25, -0.2) is 8.78 Å². The zero-order chi connectivity index (χ0) is 12.3. The number of hydrogen-bond acceptors (Lipinski definition) is 2. The van der Waals surface area contributed by atoms with Crippen LogP contribution in [-0.4, -0.2) is 12.4 Å². The van der Waals surface area contributed by atoms with Gasteiger partial charge >= 0.3 is 0 Å². The zero-order valence-corrected chi connectivity index (χ0v) is 9.16. The number of allylic oxidation sites excluding steroid dienone is 1. The lowest BCUT2D eigenvalue weighted by molar-refractivity contribution is 0.112. The second-order valence-corrected chi connectivity index (χ2v) is 3.95. The quantitative estimate of drug-likeness (QED) is 0.596. The molecule has 1 aromatic rings. The first-order chi connectivity index (χ1) is 8.20. The van der Waals surface area contributed by atoms with Crippen molar-refractivity contribution in [2.45, 2.75) is 25.4 Å². The van der Waals surface area contributed by atoms with Crippen LogP contribution in [0.4, 0.5) is 8.78 Å². The summed E-state index contributed by atoms with van der Waals surface area (Å²) >= 11 is 0. The first kappa shape index (κ1) is 11.8. The summed E-state index contributed by atoms with van der Waals surface area (Å²) in [6, 6.07) is 1.94. The van der Waals surface area contributed by atoms with Gasteiger partial charge in [-0.3, -0.25) is 4.79 Å². The van der Waals surface area contributed by atoms with Crippen molar-refractivity contribution in [1.82, 2.24) is 0 Å². The number of carbonyl (C=O) groups is 1. The van der Waals surface area contributed by atoms with Gasteiger partial charge in [0.1, 0.15) is 12.4 Å². The molecule has 0 amide bonds. The van der Waals surface area contributed by atoms with Gasteiger partial charge in [0.05, 0.1) is 0 Å². The van der Waals surface area contributed by atoms with Crippen molar-refractivity contribution >= 4 is 6.29 Å². The van der Waals surface area contributed by atoms with Gasteiger partial charge in [-0.15, -0.1) is 0 Å². The predicted molar refractivity (Wildman–Crippen MR) is 59.2 cm³/mol. The topological polar surface area (TPSA) is 26.3 Å². The Morgan fingerprint density at radius 3 is 2.53 bits per heavy atom. The Bertz CT molecular complexity index is 432. The molecule has 1 aliphatic carbocycles. The van der Waals surface area contributed by atoms with Crippen LogP contribution in [-0.2, 0) is 0 Å². The maximum absolute atomic E-state index is 13.5. The molecule has 0 saturated heterocycles. The fraction of sp³-hybridized carbons (Fsp3) is 0.308. The monoisotopic (exact) mass is 238 g/mol. The standard InChI is InChI=1S/C13H12F2O2/c14-11-6-9(8-16)7-12(15)13(11)17-10-4-2-1-3-5-10/h2,4,6-8,10H,1,3,5H2. The van der Waals surface area contributed by atoms with Crippen molar-refractivity contribution in [2.75, 3.05) is 0 Å². The molecule has 1 aliphatic rings. The second-order valence-electron chi connectivity index (χ2n) is 3.95. The van der Waals surface area contributed by atoms with Gasteiger partial charge in [0.25, 0.3) is 0 Å². The molecule has 0 heterocycles. The van der Waals surface area contributed by atoms with Crippen molar-refractivity contribution in [3.63, 3.8) is 0 Å². The summed E-state index contributed by atoms with van der Waals surface area (Å²) in [5.74, 6) is -2.09. The molecule has 0 aromatic heterocycles. The van der Waals surface area contributed by atoms with Crippen LogP contribution >= 0.6 is 0 Å². The number of halogens is 2. The average molecular weight is 238 g/mol. The number of benzene rings is 1. The van der Waals surface area contributed by atoms with Crippen LogP contribution in [0, 0.1) is 11.6 Å².